The highest BCUT2D eigenvalue weighted by atomic mass is 19.1. The molecule has 1 heterocycles. The molecule has 1 aromatic rings. The highest BCUT2D eigenvalue weighted by Gasteiger charge is 2.48. The molecule has 3 N–H and O–H groups in total. The molecule has 7 heteroatoms. The normalized spacial score (nSPS) is 24.6. The lowest BCUT2D eigenvalue weighted by Gasteiger charge is -2.25. The number of hydrogen-bond donors (Lipinski definition) is 2. The van der Waals surface area contributed by atoms with Crippen molar-refractivity contribution in [3.63, 3.8) is 0 Å². The predicted octanol–water partition coefficient (Wildman–Crippen LogP) is 4.21. The van der Waals surface area contributed by atoms with E-state index in [1.54, 1.807) is 27.0 Å². The van der Waals surface area contributed by atoms with Gasteiger partial charge in [-0.3, -0.25) is 4.79 Å². The van der Waals surface area contributed by atoms with Gasteiger partial charge in [-0.05, 0) is 63.7 Å². The van der Waals surface area contributed by atoms with Gasteiger partial charge < -0.3 is 20.5 Å². The second-order valence-corrected chi connectivity index (χ2v) is 8.83. The van der Waals surface area contributed by atoms with Gasteiger partial charge >= 0.3 is 5.97 Å². The van der Waals surface area contributed by atoms with E-state index in [1.807, 2.05) is 19.1 Å². The van der Waals surface area contributed by atoms with Crippen LogP contribution < -0.4 is 15.4 Å². The smallest absolute Gasteiger partial charge is 0.339 e. The van der Waals surface area contributed by atoms with Crippen molar-refractivity contribution in [2.24, 2.45) is 11.7 Å². The number of nitrogens with zero attached hydrogens (tertiary/aromatic N) is 1. The molecule has 6 nitrogen and oxygen atoms in total. The van der Waals surface area contributed by atoms with Crippen LogP contribution in [-0.4, -0.2) is 48.8 Å². The average molecular weight is 445 g/mol. The summed E-state index contributed by atoms with van der Waals surface area (Å²) in [6.45, 7) is 7.00. The number of ether oxygens (including phenoxy) is 1. The molecule has 0 aromatic heterocycles. The average Bonchev–Trinajstić information content (AvgIpc) is 3.62. The largest absolute Gasteiger partial charge is 0.494 e. The van der Waals surface area contributed by atoms with Gasteiger partial charge in [0.2, 0.25) is 0 Å². The summed E-state index contributed by atoms with van der Waals surface area (Å²) in [7, 11) is 1.58. The molecule has 2 atom stereocenters. The van der Waals surface area contributed by atoms with Crippen molar-refractivity contribution in [2.45, 2.75) is 58.2 Å². The number of hydrogen-bond acceptors (Lipinski definition) is 5. The number of nitrogens with two attached hydrogens (primary N) is 1. The predicted molar refractivity (Wildman–Crippen MR) is 123 cm³/mol. The number of ketones is 1. The Kier molecular flexibility index (Phi) is 7.08. The Morgan fingerprint density at radius 2 is 1.97 bits per heavy atom. The first-order valence-electron chi connectivity index (χ1n) is 11.1. The number of Topliss-reactive ketones (excluding diaryl/α,β-unsaturated/α-hetero) is 1. The summed E-state index contributed by atoms with van der Waals surface area (Å²) < 4.78 is 17.3. The molecule has 1 aromatic carbocycles. The second kappa shape index (κ2) is 9.45. The van der Waals surface area contributed by atoms with Crippen molar-refractivity contribution in [1.82, 2.24) is 0 Å². The number of carboxylic acids is 1. The summed E-state index contributed by atoms with van der Waals surface area (Å²) >= 11 is 0. The van der Waals surface area contributed by atoms with Gasteiger partial charge in [-0.15, -0.1) is 0 Å². The van der Waals surface area contributed by atoms with Crippen LogP contribution in [0, 0.1) is 12.8 Å². The number of methoxy groups -OCH3 is 1. The van der Waals surface area contributed by atoms with Crippen molar-refractivity contribution < 1.29 is 23.8 Å². The van der Waals surface area contributed by atoms with Crippen LogP contribution in [0.1, 0.15) is 55.5 Å². The van der Waals surface area contributed by atoms with Crippen LogP contribution in [0.15, 0.2) is 35.4 Å². The van der Waals surface area contributed by atoms with E-state index in [1.165, 1.54) is 6.08 Å². The molecule has 0 amide bonds. The Hall–Kier alpha value is -2.67. The number of alkyl halides is 1. The van der Waals surface area contributed by atoms with Crippen molar-refractivity contribution >= 4 is 17.4 Å². The van der Waals surface area contributed by atoms with E-state index >= 15 is 0 Å². The fourth-order valence-corrected chi connectivity index (χ4v) is 4.37. The van der Waals surface area contributed by atoms with Gasteiger partial charge in [-0.1, -0.05) is 12.2 Å². The second-order valence-electron chi connectivity index (χ2n) is 8.83. The Balaban J connectivity index is 0.000000416. The van der Waals surface area contributed by atoms with Crippen LogP contribution in [-0.2, 0) is 4.79 Å². The lowest BCUT2D eigenvalue weighted by Crippen LogP contribution is -2.34. The molecule has 0 spiro atoms. The summed E-state index contributed by atoms with van der Waals surface area (Å²) in [4.78, 5) is 26.1. The van der Waals surface area contributed by atoms with E-state index in [-0.39, 0.29) is 11.1 Å². The SMILES string of the molecule is C/C=C(/C(=O)O)C(=O)c1ccc(N2CCC(C3(N)CC3)C2)c(OC)c1C.C/C=C1/CC1F. The van der Waals surface area contributed by atoms with Crippen molar-refractivity contribution in [3.8, 4) is 5.75 Å². The lowest BCUT2D eigenvalue weighted by molar-refractivity contribution is -0.132. The molecule has 32 heavy (non-hydrogen) atoms. The van der Waals surface area contributed by atoms with E-state index in [2.05, 4.69) is 4.90 Å². The van der Waals surface area contributed by atoms with Crippen LogP contribution >= 0.6 is 0 Å². The number of benzene rings is 1. The topological polar surface area (TPSA) is 92.9 Å². The maximum atomic E-state index is 12.6. The highest BCUT2D eigenvalue weighted by molar-refractivity contribution is 6.24. The Labute approximate surface area is 188 Å². The van der Waals surface area contributed by atoms with E-state index in [4.69, 9.17) is 10.5 Å². The zero-order valence-electron chi connectivity index (χ0n) is 19.3. The Bertz CT molecular complexity index is 965. The maximum absolute atomic E-state index is 12.6. The third kappa shape index (κ3) is 4.88. The van der Waals surface area contributed by atoms with Gasteiger partial charge in [-0.2, -0.15) is 0 Å². The van der Waals surface area contributed by atoms with Crippen molar-refractivity contribution in [2.75, 3.05) is 25.1 Å². The van der Waals surface area contributed by atoms with Gasteiger partial charge in [0.05, 0.1) is 12.8 Å². The van der Waals surface area contributed by atoms with E-state index in [9.17, 15) is 19.1 Å². The third-order valence-electron chi connectivity index (χ3n) is 6.79. The lowest BCUT2D eigenvalue weighted by atomic mass is 9.96. The molecule has 1 aliphatic heterocycles. The molecule has 2 unspecified atom stereocenters. The Morgan fingerprint density at radius 1 is 1.31 bits per heavy atom. The summed E-state index contributed by atoms with van der Waals surface area (Å²) in [5.41, 5.74) is 9.05. The number of carbonyl (C=O) groups excluding carboxylic acids is 1. The number of aliphatic carboxylic acids is 1. The van der Waals surface area contributed by atoms with Crippen LogP contribution in [0.2, 0.25) is 0 Å². The first kappa shape index (κ1) is 24.0. The van der Waals surface area contributed by atoms with Crippen molar-refractivity contribution in [1.29, 1.82) is 0 Å². The van der Waals surface area contributed by atoms with Gasteiger partial charge in [-0.25, -0.2) is 9.18 Å². The molecule has 2 aliphatic carbocycles. The van der Waals surface area contributed by atoms with Gasteiger partial charge in [0.1, 0.15) is 17.5 Å². The molecule has 0 radical (unpaired) electrons. The van der Waals surface area contributed by atoms with Crippen molar-refractivity contribution in [3.05, 3.63) is 46.6 Å². The standard InChI is InChI=1S/C20H26N2O4.C5H7F/c1-4-14(19(24)25)17(23)15-5-6-16(18(26-3)12(15)2)22-10-7-13(11-22)20(21)8-9-20;1-2-4-3-5(4)6/h4-6,13H,7-11,21H2,1-3H3,(H,24,25);2,5H,3H2,1H3/b14-4+;4-2-. The number of carboxylic acid groups (broad SMARTS) is 1. The van der Waals surface area contributed by atoms with E-state index < -0.39 is 17.9 Å². The minimum atomic E-state index is -1.22. The molecule has 0 bridgehead atoms. The number of allylic oxidation sites excluding steroid dienone is 3. The molecule has 3 aliphatic rings. The maximum Gasteiger partial charge on any atom is 0.339 e. The number of halogens is 1. The van der Waals surface area contributed by atoms with E-state index in [0.717, 1.165) is 43.6 Å². The van der Waals surface area contributed by atoms with Crippen LogP contribution in [0.5, 0.6) is 5.75 Å². The fourth-order valence-electron chi connectivity index (χ4n) is 4.37. The summed E-state index contributed by atoms with van der Waals surface area (Å²) in [6.07, 6.45) is 6.52. The number of rotatable bonds is 6. The highest BCUT2D eigenvalue weighted by Crippen LogP contribution is 2.46. The van der Waals surface area contributed by atoms with Gasteiger partial charge in [0.15, 0.2) is 5.78 Å². The zero-order valence-corrected chi connectivity index (χ0v) is 19.3. The third-order valence-corrected chi connectivity index (χ3v) is 6.79. The summed E-state index contributed by atoms with van der Waals surface area (Å²) in [5.74, 6) is -0.616. The van der Waals surface area contributed by atoms with Crippen LogP contribution in [0.25, 0.3) is 0 Å². The molecular weight excluding hydrogens is 411 g/mol. The van der Waals surface area contributed by atoms with Crippen LogP contribution in [0.3, 0.4) is 0 Å². The van der Waals surface area contributed by atoms with Crippen LogP contribution in [0.4, 0.5) is 10.1 Å². The molecule has 174 valence electrons. The number of anilines is 1. The zero-order chi connectivity index (χ0) is 23.6. The molecular formula is C25H33FN2O4. The first-order chi connectivity index (χ1) is 15.2. The molecule has 2 saturated carbocycles. The minimum Gasteiger partial charge on any atom is -0.494 e. The minimum absolute atomic E-state index is 0.00472. The van der Waals surface area contributed by atoms with Gasteiger partial charge in [0, 0.05) is 36.2 Å². The first-order valence-corrected chi connectivity index (χ1v) is 11.1. The quantitative estimate of drug-likeness (QED) is 0.224. The molecule has 1 saturated heterocycles. The summed E-state index contributed by atoms with van der Waals surface area (Å²) in [6, 6.07) is 3.55. The van der Waals surface area contributed by atoms with Gasteiger partial charge in [0.25, 0.3) is 0 Å². The molecule has 3 fully saturated rings. The van der Waals surface area contributed by atoms with E-state index in [0.29, 0.717) is 29.2 Å². The Morgan fingerprint density at radius 3 is 2.41 bits per heavy atom. The number of carbonyl (C=O) groups is 2. The summed E-state index contributed by atoms with van der Waals surface area (Å²) in [5, 5.41) is 9.22. The monoisotopic (exact) mass is 444 g/mol. The molecule has 4 rings (SSSR count). The fraction of sp³-hybridized carbons (Fsp3) is 0.520.